The first-order chi connectivity index (χ1) is 5.78. The summed E-state index contributed by atoms with van der Waals surface area (Å²) in [6.07, 6.45) is 0. The Balaban J connectivity index is 2.53. The quantitative estimate of drug-likeness (QED) is 0.679. The molecule has 1 aliphatic heterocycles. The van der Waals surface area contributed by atoms with Gasteiger partial charge in [0.1, 0.15) is 0 Å². The zero-order valence-corrected chi connectivity index (χ0v) is 9.06. The first-order valence-electron chi connectivity index (χ1n) is 4.36. The monoisotopic (exact) mass is 205 g/mol. The molecule has 0 aromatic rings. The standard InChI is InChI=1S/C9H16ClNO2/c1-8(2,4-10)7(12)11-5-9(3,13)6-11/h13H,4-6H2,1-3H3. The van der Waals surface area contributed by atoms with Crippen LogP contribution in [0.15, 0.2) is 0 Å². The van der Waals surface area contributed by atoms with E-state index in [1.54, 1.807) is 11.8 Å². The molecule has 1 heterocycles. The summed E-state index contributed by atoms with van der Waals surface area (Å²) in [5, 5.41) is 9.44. The Bertz CT molecular complexity index is 218. The highest BCUT2D eigenvalue weighted by Gasteiger charge is 2.43. The normalized spacial score (nSPS) is 21.2. The third-order valence-corrected chi connectivity index (χ3v) is 2.93. The van der Waals surface area contributed by atoms with Crippen molar-refractivity contribution in [2.45, 2.75) is 26.4 Å². The fourth-order valence-corrected chi connectivity index (χ4v) is 1.52. The number of carbonyl (C=O) groups excluding carboxylic acids is 1. The van der Waals surface area contributed by atoms with Crippen LogP contribution in [0.1, 0.15) is 20.8 Å². The van der Waals surface area contributed by atoms with Gasteiger partial charge in [0.25, 0.3) is 0 Å². The van der Waals surface area contributed by atoms with Crippen molar-refractivity contribution in [3.8, 4) is 0 Å². The van der Waals surface area contributed by atoms with Gasteiger partial charge in [0.05, 0.1) is 24.1 Å². The van der Waals surface area contributed by atoms with E-state index in [1.807, 2.05) is 13.8 Å². The van der Waals surface area contributed by atoms with Gasteiger partial charge in [0, 0.05) is 5.88 Å². The van der Waals surface area contributed by atoms with Crippen molar-refractivity contribution >= 4 is 17.5 Å². The second-order valence-electron chi connectivity index (χ2n) is 4.68. The lowest BCUT2D eigenvalue weighted by Gasteiger charge is -2.46. The third kappa shape index (κ3) is 2.15. The first kappa shape index (κ1) is 10.8. The number of carbonyl (C=O) groups is 1. The molecular weight excluding hydrogens is 190 g/mol. The molecule has 3 nitrogen and oxygen atoms in total. The fourth-order valence-electron chi connectivity index (χ4n) is 1.40. The number of hydrogen-bond acceptors (Lipinski definition) is 2. The highest BCUT2D eigenvalue weighted by molar-refractivity contribution is 6.19. The summed E-state index contributed by atoms with van der Waals surface area (Å²) in [5.74, 6) is 0.332. The second kappa shape index (κ2) is 3.14. The van der Waals surface area contributed by atoms with Gasteiger partial charge in [-0.15, -0.1) is 11.6 Å². The average Bonchev–Trinajstić information content (AvgIpc) is 1.98. The van der Waals surface area contributed by atoms with E-state index in [9.17, 15) is 9.90 Å². The molecule has 0 aliphatic carbocycles. The molecule has 1 fully saturated rings. The molecule has 0 atom stereocenters. The summed E-state index contributed by atoms with van der Waals surface area (Å²) >= 11 is 5.67. The number of alkyl halides is 1. The molecule has 13 heavy (non-hydrogen) atoms. The number of hydrogen-bond donors (Lipinski definition) is 1. The predicted octanol–water partition coefficient (Wildman–Crippen LogP) is 0.845. The maximum atomic E-state index is 11.7. The van der Waals surface area contributed by atoms with Crippen molar-refractivity contribution in [1.82, 2.24) is 4.90 Å². The lowest BCUT2D eigenvalue weighted by molar-refractivity contribution is -0.160. The molecule has 0 saturated carbocycles. The van der Waals surface area contributed by atoms with Crippen molar-refractivity contribution in [3.63, 3.8) is 0 Å². The minimum absolute atomic E-state index is 0.0222. The van der Waals surface area contributed by atoms with E-state index in [1.165, 1.54) is 0 Å². The Labute approximate surface area is 83.7 Å². The number of β-amino-alcohol motifs (C(OH)–C–C–N with tert-alkyl or cyclic N) is 1. The molecule has 0 aromatic heterocycles. The van der Waals surface area contributed by atoms with Gasteiger partial charge >= 0.3 is 0 Å². The number of nitrogens with zero attached hydrogens (tertiary/aromatic N) is 1. The number of halogens is 1. The summed E-state index contributed by atoms with van der Waals surface area (Å²) in [5.41, 5.74) is -1.21. The minimum Gasteiger partial charge on any atom is -0.386 e. The van der Waals surface area contributed by atoms with Gasteiger partial charge in [0.2, 0.25) is 5.91 Å². The fraction of sp³-hybridized carbons (Fsp3) is 0.889. The topological polar surface area (TPSA) is 40.5 Å². The van der Waals surface area contributed by atoms with E-state index in [2.05, 4.69) is 0 Å². The summed E-state index contributed by atoms with van der Waals surface area (Å²) in [6.45, 7) is 6.20. The van der Waals surface area contributed by atoms with Gasteiger partial charge in [0.15, 0.2) is 0 Å². The van der Waals surface area contributed by atoms with E-state index in [0.29, 0.717) is 19.0 Å². The molecule has 1 aliphatic rings. The van der Waals surface area contributed by atoms with E-state index < -0.39 is 11.0 Å². The van der Waals surface area contributed by atoms with Crippen LogP contribution in [0.25, 0.3) is 0 Å². The molecule has 0 unspecified atom stereocenters. The van der Waals surface area contributed by atoms with Crippen molar-refractivity contribution in [1.29, 1.82) is 0 Å². The second-order valence-corrected chi connectivity index (χ2v) is 4.94. The van der Waals surface area contributed by atoms with Crippen molar-refractivity contribution in [3.05, 3.63) is 0 Å². The molecule has 1 saturated heterocycles. The molecule has 0 radical (unpaired) electrons. The number of likely N-dealkylation sites (tertiary alicyclic amines) is 1. The predicted molar refractivity (Wildman–Crippen MR) is 51.7 cm³/mol. The minimum atomic E-state index is -0.696. The van der Waals surface area contributed by atoms with E-state index >= 15 is 0 Å². The molecule has 0 spiro atoms. The van der Waals surface area contributed by atoms with E-state index in [4.69, 9.17) is 11.6 Å². The van der Waals surface area contributed by atoms with Crippen LogP contribution in [-0.2, 0) is 4.79 Å². The van der Waals surface area contributed by atoms with Crippen LogP contribution in [0, 0.1) is 5.41 Å². The van der Waals surface area contributed by atoms with Crippen molar-refractivity contribution in [2.24, 2.45) is 5.41 Å². The van der Waals surface area contributed by atoms with Crippen LogP contribution >= 0.6 is 11.6 Å². The van der Waals surface area contributed by atoms with Crippen LogP contribution in [0.4, 0.5) is 0 Å². The van der Waals surface area contributed by atoms with Crippen molar-refractivity contribution < 1.29 is 9.90 Å². The molecule has 0 aromatic carbocycles. The van der Waals surface area contributed by atoms with Crippen molar-refractivity contribution in [2.75, 3.05) is 19.0 Å². The Kier molecular flexibility index (Phi) is 2.61. The Morgan fingerprint density at radius 3 is 2.38 bits per heavy atom. The molecular formula is C9H16ClNO2. The van der Waals surface area contributed by atoms with E-state index in [-0.39, 0.29) is 5.91 Å². The van der Waals surface area contributed by atoms with E-state index in [0.717, 1.165) is 0 Å². The highest BCUT2D eigenvalue weighted by Crippen LogP contribution is 2.27. The summed E-state index contributed by atoms with van der Waals surface area (Å²) in [4.78, 5) is 13.3. The number of aliphatic hydroxyl groups is 1. The molecule has 1 amide bonds. The summed E-state index contributed by atoms with van der Waals surface area (Å²) in [7, 11) is 0. The van der Waals surface area contributed by atoms with Crippen LogP contribution in [0.5, 0.6) is 0 Å². The van der Waals surface area contributed by atoms with Crippen LogP contribution in [0.2, 0.25) is 0 Å². The van der Waals surface area contributed by atoms with Gasteiger partial charge < -0.3 is 10.0 Å². The zero-order chi connectivity index (χ0) is 10.3. The molecule has 1 N–H and O–H groups in total. The van der Waals surface area contributed by atoms with Gasteiger partial charge in [-0.2, -0.15) is 0 Å². The van der Waals surface area contributed by atoms with Crippen LogP contribution in [-0.4, -0.2) is 40.5 Å². The largest absolute Gasteiger partial charge is 0.386 e. The molecule has 0 bridgehead atoms. The zero-order valence-electron chi connectivity index (χ0n) is 8.30. The Morgan fingerprint density at radius 2 is 2.08 bits per heavy atom. The lowest BCUT2D eigenvalue weighted by atomic mass is 9.89. The molecule has 4 heteroatoms. The molecule has 1 rings (SSSR count). The Morgan fingerprint density at radius 1 is 1.62 bits per heavy atom. The van der Waals surface area contributed by atoms with Crippen LogP contribution in [0.3, 0.4) is 0 Å². The Hall–Kier alpha value is -0.280. The highest BCUT2D eigenvalue weighted by atomic mass is 35.5. The number of rotatable bonds is 2. The first-order valence-corrected chi connectivity index (χ1v) is 4.90. The SMILES string of the molecule is CC1(O)CN(C(=O)C(C)(C)CCl)C1. The van der Waals surface area contributed by atoms with Gasteiger partial charge in [-0.05, 0) is 20.8 Å². The maximum Gasteiger partial charge on any atom is 0.229 e. The third-order valence-electron chi connectivity index (χ3n) is 2.26. The number of amides is 1. The van der Waals surface area contributed by atoms with Gasteiger partial charge in [-0.3, -0.25) is 4.79 Å². The average molecular weight is 206 g/mol. The molecule has 76 valence electrons. The summed E-state index contributed by atoms with van der Waals surface area (Å²) in [6, 6.07) is 0. The van der Waals surface area contributed by atoms with Gasteiger partial charge in [-0.25, -0.2) is 0 Å². The lowest BCUT2D eigenvalue weighted by Crippen LogP contribution is -2.64. The summed E-state index contributed by atoms with van der Waals surface area (Å²) < 4.78 is 0. The van der Waals surface area contributed by atoms with Gasteiger partial charge in [-0.1, -0.05) is 0 Å². The smallest absolute Gasteiger partial charge is 0.229 e. The maximum absolute atomic E-state index is 11.7. The van der Waals surface area contributed by atoms with Crippen LogP contribution < -0.4 is 0 Å².